The van der Waals surface area contributed by atoms with Crippen LogP contribution >= 0.6 is 0 Å². The van der Waals surface area contributed by atoms with Gasteiger partial charge in [-0.15, -0.1) is 0 Å². The maximum absolute atomic E-state index is 14.2. The van der Waals surface area contributed by atoms with Gasteiger partial charge in [0.2, 0.25) is 0 Å². The smallest absolute Gasteiger partial charge is 0.182 e. The summed E-state index contributed by atoms with van der Waals surface area (Å²) in [6.45, 7) is 5.07. The molecule has 0 fully saturated rings. The van der Waals surface area contributed by atoms with E-state index in [1.54, 1.807) is 19.2 Å². The van der Waals surface area contributed by atoms with Gasteiger partial charge in [0.15, 0.2) is 11.6 Å². The van der Waals surface area contributed by atoms with Crippen molar-refractivity contribution in [2.45, 2.75) is 39.3 Å². The summed E-state index contributed by atoms with van der Waals surface area (Å²) >= 11 is 0. The highest BCUT2D eigenvalue weighted by Crippen LogP contribution is 2.27. The second-order valence-corrected chi connectivity index (χ2v) is 4.73. The third-order valence-electron chi connectivity index (χ3n) is 3.59. The Morgan fingerprint density at radius 2 is 1.85 bits per heavy atom. The number of benzene rings is 1. The minimum Gasteiger partial charge on any atom is -0.383 e. The van der Waals surface area contributed by atoms with Gasteiger partial charge >= 0.3 is 0 Å². The van der Waals surface area contributed by atoms with Gasteiger partial charge in [-0.3, -0.25) is 0 Å². The first kappa shape index (κ1) is 16.9. The molecule has 0 aromatic heterocycles. The summed E-state index contributed by atoms with van der Waals surface area (Å²) in [5, 5.41) is 0. The van der Waals surface area contributed by atoms with E-state index in [2.05, 4.69) is 0 Å². The van der Waals surface area contributed by atoms with Crippen LogP contribution in [0.5, 0.6) is 0 Å². The average molecular weight is 286 g/mol. The molecule has 0 atom stereocenters. The van der Waals surface area contributed by atoms with Gasteiger partial charge in [-0.25, -0.2) is 8.78 Å². The number of ether oxygens (including phenoxy) is 1. The lowest BCUT2D eigenvalue weighted by Gasteiger charge is -2.33. The Kier molecular flexibility index (Phi) is 6.88. The first-order valence-electron chi connectivity index (χ1n) is 7.03. The zero-order chi connectivity index (χ0) is 15.1. The predicted octanol–water partition coefficient (Wildman–Crippen LogP) is 3.06. The van der Waals surface area contributed by atoms with Crippen LogP contribution in [0.2, 0.25) is 0 Å². The molecule has 20 heavy (non-hydrogen) atoms. The Labute approximate surface area is 119 Å². The molecule has 0 unspecified atom stereocenters. The molecule has 2 N–H and O–H groups in total. The zero-order valence-corrected chi connectivity index (χ0v) is 12.5. The van der Waals surface area contributed by atoms with Crippen molar-refractivity contribution in [1.82, 2.24) is 0 Å². The molecule has 1 aromatic carbocycles. The van der Waals surface area contributed by atoms with Crippen LogP contribution in [0.1, 0.15) is 32.3 Å². The topological polar surface area (TPSA) is 38.5 Å². The lowest BCUT2D eigenvalue weighted by atomic mass is 10.1. The molecular weight excluding hydrogens is 262 g/mol. The van der Waals surface area contributed by atoms with Crippen LogP contribution in [0.25, 0.3) is 0 Å². The molecule has 0 aliphatic carbocycles. The zero-order valence-electron chi connectivity index (χ0n) is 12.5. The fourth-order valence-corrected chi connectivity index (χ4v) is 2.38. The molecule has 0 bridgehead atoms. The van der Waals surface area contributed by atoms with Crippen LogP contribution in [-0.4, -0.2) is 26.3 Å². The molecule has 0 radical (unpaired) electrons. The second kappa shape index (κ2) is 8.17. The number of nitrogens with zero attached hydrogens (tertiary/aromatic N) is 1. The number of halogens is 2. The highest BCUT2D eigenvalue weighted by molar-refractivity contribution is 5.51. The van der Waals surface area contributed by atoms with Crippen LogP contribution in [0, 0.1) is 11.6 Å². The Bertz CT molecular complexity index is 423. The predicted molar refractivity (Wildman–Crippen MR) is 77.8 cm³/mol. The van der Waals surface area contributed by atoms with Crippen LogP contribution in [0.3, 0.4) is 0 Å². The van der Waals surface area contributed by atoms with Crippen molar-refractivity contribution in [3.8, 4) is 0 Å². The summed E-state index contributed by atoms with van der Waals surface area (Å²) in [7, 11) is 1.60. The molecule has 0 spiro atoms. The monoisotopic (exact) mass is 286 g/mol. The Morgan fingerprint density at radius 1 is 1.20 bits per heavy atom. The van der Waals surface area contributed by atoms with E-state index < -0.39 is 11.6 Å². The number of methoxy groups -OCH3 is 1. The molecule has 0 aliphatic heterocycles. The molecule has 0 amide bonds. The van der Waals surface area contributed by atoms with Gasteiger partial charge in [-0.2, -0.15) is 0 Å². The number of anilines is 1. The lowest BCUT2D eigenvalue weighted by molar-refractivity contribution is 0.202. The van der Waals surface area contributed by atoms with Gasteiger partial charge in [0, 0.05) is 31.8 Å². The minimum atomic E-state index is -0.849. The van der Waals surface area contributed by atoms with Crippen LogP contribution in [-0.2, 0) is 11.3 Å². The van der Waals surface area contributed by atoms with Crippen LogP contribution < -0.4 is 10.6 Å². The van der Waals surface area contributed by atoms with Gasteiger partial charge < -0.3 is 15.4 Å². The van der Waals surface area contributed by atoms with Crippen LogP contribution in [0.4, 0.5) is 14.5 Å². The normalized spacial score (nSPS) is 11.2. The molecule has 114 valence electrons. The lowest BCUT2D eigenvalue weighted by Crippen LogP contribution is -2.38. The molecule has 0 saturated carbocycles. The third kappa shape index (κ3) is 3.67. The Hall–Kier alpha value is -1.20. The molecule has 3 nitrogen and oxygen atoms in total. The molecule has 1 aromatic rings. The highest BCUT2D eigenvalue weighted by atomic mass is 19.2. The van der Waals surface area contributed by atoms with Crippen molar-refractivity contribution in [3.05, 3.63) is 29.3 Å². The van der Waals surface area contributed by atoms with E-state index in [0.717, 1.165) is 12.8 Å². The van der Waals surface area contributed by atoms with Gasteiger partial charge in [0.1, 0.15) is 0 Å². The first-order valence-corrected chi connectivity index (χ1v) is 7.03. The van der Waals surface area contributed by atoms with Crippen molar-refractivity contribution in [1.29, 1.82) is 0 Å². The summed E-state index contributed by atoms with van der Waals surface area (Å²) in [6.07, 6.45) is 1.72. The maximum Gasteiger partial charge on any atom is 0.182 e. The summed E-state index contributed by atoms with van der Waals surface area (Å²) in [6, 6.07) is 3.31. The molecule has 0 aliphatic rings. The largest absolute Gasteiger partial charge is 0.383 e. The SMILES string of the molecule is CCC(CC)N(CCOC)c1ccc(CN)c(F)c1F. The molecule has 1 rings (SSSR count). The van der Waals surface area contributed by atoms with E-state index in [1.165, 1.54) is 0 Å². The molecule has 5 heteroatoms. The van der Waals surface area contributed by atoms with Gasteiger partial charge in [0.25, 0.3) is 0 Å². The van der Waals surface area contributed by atoms with Crippen LogP contribution in [0.15, 0.2) is 12.1 Å². The van der Waals surface area contributed by atoms with E-state index in [1.807, 2.05) is 18.7 Å². The van der Waals surface area contributed by atoms with E-state index in [9.17, 15) is 8.78 Å². The van der Waals surface area contributed by atoms with Gasteiger partial charge in [0.05, 0.1) is 12.3 Å². The molecular formula is C15H24F2N2O. The summed E-state index contributed by atoms with van der Waals surface area (Å²) < 4.78 is 33.2. The van der Waals surface area contributed by atoms with E-state index in [0.29, 0.717) is 13.2 Å². The second-order valence-electron chi connectivity index (χ2n) is 4.73. The van der Waals surface area contributed by atoms with E-state index in [-0.39, 0.29) is 23.8 Å². The summed E-state index contributed by atoms with van der Waals surface area (Å²) in [5.41, 5.74) is 5.88. The quantitative estimate of drug-likeness (QED) is 0.798. The number of rotatable bonds is 8. The first-order chi connectivity index (χ1) is 9.60. The van der Waals surface area contributed by atoms with Gasteiger partial charge in [-0.1, -0.05) is 19.9 Å². The maximum atomic E-state index is 14.2. The summed E-state index contributed by atoms with van der Waals surface area (Å²) in [5.74, 6) is -1.67. The van der Waals surface area contributed by atoms with E-state index >= 15 is 0 Å². The fourth-order valence-electron chi connectivity index (χ4n) is 2.38. The fraction of sp³-hybridized carbons (Fsp3) is 0.600. The summed E-state index contributed by atoms with van der Waals surface area (Å²) in [4.78, 5) is 1.88. The molecule has 0 heterocycles. The number of hydrogen-bond donors (Lipinski definition) is 1. The van der Waals surface area contributed by atoms with Crippen molar-refractivity contribution < 1.29 is 13.5 Å². The van der Waals surface area contributed by atoms with E-state index in [4.69, 9.17) is 10.5 Å². The van der Waals surface area contributed by atoms with Crippen molar-refractivity contribution >= 4 is 5.69 Å². The van der Waals surface area contributed by atoms with Crippen molar-refractivity contribution in [2.75, 3.05) is 25.2 Å². The molecule has 0 saturated heterocycles. The number of nitrogens with two attached hydrogens (primary N) is 1. The van der Waals surface area contributed by atoms with Gasteiger partial charge in [-0.05, 0) is 18.9 Å². The van der Waals surface area contributed by atoms with Crippen molar-refractivity contribution in [3.63, 3.8) is 0 Å². The third-order valence-corrected chi connectivity index (χ3v) is 3.59. The Morgan fingerprint density at radius 3 is 2.35 bits per heavy atom. The van der Waals surface area contributed by atoms with Crippen molar-refractivity contribution in [2.24, 2.45) is 5.73 Å². The Balaban J connectivity index is 3.16. The average Bonchev–Trinajstić information content (AvgIpc) is 2.47. The number of hydrogen-bond acceptors (Lipinski definition) is 3. The highest BCUT2D eigenvalue weighted by Gasteiger charge is 2.22. The standard InChI is InChI=1S/C15H24F2N2O/c1-4-12(5-2)19(8-9-20-3)13-7-6-11(10-18)14(16)15(13)17/h6-7,12H,4-5,8-10,18H2,1-3H3. The minimum absolute atomic E-state index is 0.00785.